The van der Waals surface area contributed by atoms with Crippen molar-refractivity contribution in [3.05, 3.63) is 89.0 Å². The SMILES string of the molecule is CC1(c2ccc(F)cc2)OCc2c1cnc(CCl)c2Oc1ccccc1. The highest BCUT2D eigenvalue weighted by Gasteiger charge is 2.40. The number of hydrogen-bond acceptors (Lipinski definition) is 3. The van der Waals surface area contributed by atoms with Crippen molar-refractivity contribution < 1.29 is 13.9 Å². The minimum absolute atomic E-state index is 0.239. The normalized spacial score (nSPS) is 18.6. The molecule has 26 heavy (non-hydrogen) atoms. The van der Waals surface area contributed by atoms with E-state index in [-0.39, 0.29) is 11.7 Å². The average molecular weight is 370 g/mol. The van der Waals surface area contributed by atoms with E-state index in [1.54, 1.807) is 18.3 Å². The number of ether oxygens (including phenoxy) is 2. The third kappa shape index (κ3) is 2.85. The van der Waals surface area contributed by atoms with E-state index < -0.39 is 5.60 Å². The summed E-state index contributed by atoms with van der Waals surface area (Å²) in [4.78, 5) is 4.49. The van der Waals surface area contributed by atoms with Gasteiger partial charge in [-0.1, -0.05) is 30.3 Å². The number of fused-ring (bicyclic) bond motifs is 1. The van der Waals surface area contributed by atoms with E-state index in [2.05, 4.69) is 4.98 Å². The quantitative estimate of drug-likeness (QED) is 0.565. The lowest BCUT2D eigenvalue weighted by Crippen LogP contribution is -2.22. The smallest absolute Gasteiger partial charge is 0.156 e. The molecule has 0 amide bonds. The Morgan fingerprint density at radius 2 is 1.88 bits per heavy atom. The fourth-order valence-corrected chi connectivity index (χ4v) is 3.44. The molecule has 0 saturated heterocycles. The van der Waals surface area contributed by atoms with Crippen LogP contribution in [0.15, 0.2) is 60.8 Å². The van der Waals surface area contributed by atoms with Gasteiger partial charge in [-0.3, -0.25) is 4.98 Å². The van der Waals surface area contributed by atoms with Gasteiger partial charge >= 0.3 is 0 Å². The predicted octanol–water partition coefficient (Wildman–Crippen LogP) is 5.55. The second-order valence-corrected chi connectivity index (χ2v) is 6.57. The number of pyridine rings is 1. The molecule has 0 fully saturated rings. The van der Waals surface area contributed by atoms with Crippen LogP contribution < -0.4 is 4.74 Å². The fourth-order valence-electron chi connectivity index (χ4n) is 3.25. The van der Waals surface area contributed by atoms with E-state index in [0.29, 0.717) is 23.8 Å². The first-order valence-electron chi connectivity index (χ1n) is 8.32. The molecule has 1 aromatic heterocycles. The van der Waals surface area contributed by atoms with Gasteiger partial charge in [0.25, 0.3) is 0 Å². The van der Waals surface area contributed by atoms with Gasteiger partial charge in [0.15, 0.2) is 5.75 Å². The summed E-state index contributed by atoms with van der Waals surface area (Å²) in [5, 5.41) is 0. The molecule has 3 aromatic rings. The summed E-state index contributed by atoms with van der Waals surface area (Å²) in [7, 11) is 0. The van der Waals surface area contributed by atoms with Crippen LogP contribution in [0.3, 0.4) is 0 Å². The van der Waals surface area contributed by atoms with Crippen molar-refractivity contribution in [3.63, 3.8) is 0 Å². The van der Waals surface area contributed by atoms with E-state index >= 15 is 0 Å². The molecule has 1 unspecified atom stereocenters. The molecule has 1 aliphatic rings. The highest BCUT2D eigenvalue weighted by Crippen LogP contribution is 2.46. The minimum atomic E-state index is -0.713. The Morgan fingerprint density at radius 1 is 1.15 bits per heavy atom. The Morgan fingerprint density at radius 3 is 2.58 bits per heavy atom. The van der Waals surface area contributed by atoms with Gasteiger partial charge in [-0.25, -0.2) is 4.39 Å². The van der Waals surface area contributed by atoms with Crippen molar-refractivity contribution in [1.82, 2.24) is 4.98 Å². The standard InChI is InChI=1S/C21H17ClFNO2/c1-21(14-7-9-15(23)10-8-14)18-12-24-19(11-22)20(17(18)13-25-21)26-16-5-3-2-4-6-16/h2-10,12H,11,13H2,1H3. The number of nitrogens with zero attached hydrogens (tertiary/aromatic N) is 1. The summed E-state index contributed by atoms with van der Waals surface area (Å²) in [5.41, 5.74) is 2.65. The minimum Gasteiger partial charge on any atom is -0.455 e. The molecule has 0 spiro atoms. The zero-order valence-electron chi connectivity index (χ0n) is 14.2. The number of alkyl halides is 1. The Bertz CT molecular complexity index is 931. The van der Waals surface area contributed by atoms with Gasteiger partial charge in [0.1, 0.15) is 17.2 Å². The lowest BCUT2D eigenvalue weighted by atomic mass is 9.88. The fraction of sp³-hybridized carbons (Fsp3) is 0.190. The summed E-state index contributed by atoms with van der Waals surface area (Å²) in [5.74, 6) is 1.31. The molecule has 0 saturated carbocycles. The van der Waals surface area contributed by atoms with Gasteiger partial charge < -0.3 is 9.47 Å². The Labute approximate surface area is 156 Å². The van der Waals surface area contributed by atoms with Crippen LogP contribution in [0, 0.1) is 5.82 Å². The van der Waals surface area contributed by atoms with E-state index in [1.165, 1.54) is 12.1 Å². The van der Waals surface area contributed by atoms with Crippen molar-refractivity contribution in [2.45, 2.75) is 25.0 Å². The maximum Gasteiger partial charge on any atom is 0.156 e. The molecule has 0 aliphatic carbocycles. The van der Waals surface area contributed by atoms with Crippen LogP contribution >= 0.6 is 11.6 Å². The van der Waals surface area contributed by atoms with Gasteiger partial charge in [-0.15, -0.1) is 11.6 Å². The first kappa shape index (κ1) is 17.0. The maximum absolute atomic E-state index is 13.3. The highest BCUT2D eigenvalue weighted by molar-refractivity contribution is 6.17. The predicted molar refractivity (Wildman–Crippen MR) is 98.0 cm³/mol. The van der Waals surface area contributed by atoms with Crippen LogP contribution in [0.25, 0.3) is 0 Å². The average Bonchev–Trinajstić information content (AvgIpc) is 3.02. The van der Waals surface area contributed by atoms with Crippen LogP contribution in [-0.4, -0.2) is 4.98 Å². The number of benzene rings is 2. The topological polar surface area (TPSA) is 31.4 Å². The third-order valence-corrected chi connectivity index (χ3v) is 4.97. The number of hydrogen-bond donors (Lipinski definition) is 0. The zero-order chi connectivity index (χ0) is 18.1. The molecule has 0 bridgehead atoms. The third-order valence-electron chi connectivity index (χ3n) is 4.71. The molecule has 0 N–H and O–H groups in total. The van der Waals surface area contributed by atoms with Crippen molar-refractivity contribution in [3.8, 4) is 11.5 Å². The second-order valence-electron chi connectivity index (χ2n) is 6.30. The molecule has 1 aliphatic heterocycles. The number of para-hydroxylation sites is 1. The van der Waals surface area contributed by atoms with E-state index in [9.17, 15) is 4.39 Å². The van der Waals surface area contributed by atoms with Crippen LogP contribution in [-0.2, 0) is 22.8 Å². The summed E-state index contributed by atoms with van der Waals surface area (Å²) in [6.45, 7) is 2.33. The van der Waals surface area contributed by atoms with E-state index in [1.807, 2.05) is 37.3 Å². The summed E-state index contributed by atoms with van der Waals surface area (Å²) in [6, 6.07) is 15.8. The first-order chi connectivity index (χ1) is 12.6. The van der Waals surface area contributed by atoms with Gasteiger partial charge in [0, 0.05) is 17.3 Å². The summed E-state index contributed by atoms with van der Waals surface area (Å²) >= 11 is 6.08. The summed E-state index contributed by atoms with van der Waals surface area (Å²) in [6.07, 6.45) is 1.78. The lowest BCUT2D eigenvalue weighted by Gasteiger charge is -2.25. The Hall–Kier alpha value is -2.43. The number of aromatic nitrogens is 1. The Balaban J connectivity index is 1.81. The van der Waals surface area contributed by atoms with Crippen molar-refractivity contribution >= 4 is 11.6 Å². The Kier molecular flexibility index (Phi) is 4.39. The van der Waals surface area contributed by atoms with Gasteiger partial charge in [-0.05, 0) is 36.8 Å². The lowest BCUT2D eigenvalue weighted by molar-refractivity contribution is 0.00934. The maximum atomic E-state index is 13.3. The van der Waals surface area contributed by atoms with Crippen molar-refractivity contribution in [1.29, 1.82) is 0 Å². The second kappa shape index (κ2) is 6.71. The van der Waals surface area contributed by atoms with Crippen molar-refractivity contribution in [2.24, 2.45) is 0 Å². The van der Waals surface area contributed by atoms with Crippen LogP contribution in [0.2, 0.25) is 0 Å². The van der Waals surface area contributed by atoms with E-state index in [4.69, 9.17) is 21.1 Å². The number of rotatable bonds is 4. The number of halogens is 2. The monoisotopic (exact) mass is 369 g/mol. The van der Waals surface area contributed by atoms with Gasteiger partial charge in [0.2, 0.25) is 0 Å². The van der Waals surface area contributed by atoms with Crippen LogP contribution in [0.5, 0.6) is 11.5 Å². The van der Waals surface area contributed by atoms with E-state index in [0.717, 1.165) is 16.7 Å². The molecular formula is C21H17ClFNO2. The van der Waals surface area contributed by atoms with Gasteiger partial charge in [0.05, 0.1) is 18.2 Å². The molecule has 3 nitrogen and oxygen atoms in total. The van der Waals surface area contributed by atoms with Gasteiger partial charge in [-0.2, -0.15) is 0 Å². The molecule has 4 rings (SSSR count). The molecule has 2 aromatic carbocycles. The largest absolute Gasteiger partial charge is 0.455 e. The van der Waals surface area contributed by atoms with Crippen LogP contribution in [0.4, 0.5) is 4.39 Å². The molecule has 1 atom stereocenters. The van der Waals surface area contributed by atoms with Crippen molar-refractivity contribution in [2.75, 3.05) is 0 Å². The molecule has 5 heteroatoms. The molecule has 0 radical (unpaired) electrons. The first-order valence-corrected chi connectivity index (χ1v) is 8.85. The molecular weight excluding hydrogens is 353 g/mol. The summed E-state index contributed by atoms with van der Waals surface area (Å²) < 4.78 is 25.5. The van der Waals surface area contributed by atoms with Crippen LogP contribution in [0.1, 0.15) is 29.3 Å². The molecule has 132 valence electrons. The molecule has 2 heterocycles. The zero-order valence-corrected chi connectivity index (χ0v) is 15.0. The highest BCUT2D eigenvalue weighted by atomic mass is 35.5.